The summed E-state index contributed by atoms with van der Waals surface area (Å²) in [6.07, 6.45) is 4.80. The fourth-order valence-electron chi connectivity index (χ4n) is 4.92. The molecule has 0 saturated carbocycles. The molecule has 0 bridgehead atoms. The third kappa shape index (κ3) is 9.93. The summed E-state index contributed by atoms with van der Waals surface area (Å²) in [6, 6.07) is 8.26. The van der Waals surface area contributed by atoms with E-state index in [1.165, 1.54) is 31.6 Å². The van der Waals surface area contributed by atoms with Gasteiger partial charge in [0.1, 0.15) is 28.4 Å². The number of ether oxygens (including phenoxy) is 5. The SMILES string of the molecule is CCn1nc(C)cc1C=O.CN=c1sc2cc(C(N)=O)cc(OCCC(OC)OC)c2n1C/C=C/CNc1c(N)cc(C(=O)OC)cc1OC. The zero-order chi connectivity index (χ0) is 36.8. The number of hydrogen-bond donors (Lipinski definition) is 3. The number of nitrogen functional groups attached to an aromatic ring is 1. The van der Waals surface area contributed by atoms with E-state index in [0.29, 0.717) is 65.8 Å². The summed E-state index contributed by atoms with van der Waals surface area (Å²) < 4.78 is 31.2. The summed E-state index contributed by atoms with van der Waals surface area (Å²) in [4.78, 5) is 39.4. The average Bonchev–Trinajstić information content (AvgIpc) is 3.68. The highest BCUT2D eigenvalue weighted by Gasteiger charge is 2.17. The lowest BCUT2D eigenvalue weighted by Crippen LogP contribution is -2.18. The lowest BCUT2D eigenvalue weighted by atomic mass is 10.1. The van der Waals surface area contributed by atoms with Crippen LogP contribution in [-0.2, 0) is 27.3 Å². The predicted molar refractivity (Wildman–Crippen MR) is 192 cm³/mol. The van der Waals surface area contributed by atoms with Gasteiger partial charge >= 0.3 is 5.97 Å². The number of methoxy groups -OCH3 is 4. The van der Waals surface area contributed by atoms with Crippen molar-refractivity contribution in [3.8, 4) is 11.5 Å². The number of fused-ring (bicyclic) bond motifs is 1. The lowest BCUT2D eigenvalue weighted by Gasteiger charge is -2.15. The number of aromatic nitrogens is 3. The molecule has 2 aromatic heterocycles. The minimum atomic E-state index is -0.548. The van der Waals surface area contributed by atoms with Crippen LogP contribution < -0.4 is 31.1 Å². The Hall–Kier alpha value is -5.19. The minimum absolute atomic E-state index is 0.298. The molecule has 0 fully saturated rings. The maximum Gasteiger partial charge on any atom is 0.338 e. The second-order valence-electron chi connectivity index (χ2n) is 10.6. The van der Waals surface area contributed by atoms with E-state index in [2.05, 4.69) is 15.4 Å². The second-order valence-corrected chi connectivity index (χ2v) is 11.6. The first-order valence-corrected chi connectivity index (χ1v) is 16.4. The van der Waals surface area contributed by atoms with Gasteiger partial charge in [-0.15, -0.1) is 0 Å². The molecule has 270 valence electrons. The first-order valence-electron chi connectivity index (χ1n) is 15.6. The summed E-state index contributed by atoms with van der Waals surface area (Å²) in [6.45, 7) is 5.80. The molecule has 5 N–H and O–H groups in total. The Morgan fingerprint density at radius 1 is 1.06 bits per heavy atom. The monoisotopic (exact) mass is 711 g/mol. The average molecular weight is 712 g/mol. The molecular weight excluding hydrogens is 666 g/mol. The Labute approximate surface area is 294 Å². The number of anilines is 2. The summed E-state index contributed by atoms with van der Waals surface area (Å²) >= 11 is 1.43. The molecule has 0 spiro atoms. The Morgan fingerprint density at radius 2 is 1.78 bits per heavy atom. The zero-order valence-electron chi connectivity index (χ0n) is 29.3. The number of aryl methyl sites for hydroxylation is 2. The van der Waals surface area contributed by atoms with Gasteiger partial charge in [-0.2, -0.15) is 5.10 Å². The predicted octanol–water partition coefficient (Wildman–Crippen LogP) is 3.79. The third-order valence-electron chi connectivity index (χ3n) is 7.33. The van der Waals surface area contributed by atoms with Crippen LogP contribution in [0, 0.1) is 6.92 Å². The van der Waals surface area contributed by atoms with E-state index in [9.17, 15) is 14.4 Å². The number of nitrogens with two attached hydrogens (primary N) is 2. The number of allylic oxidation sites excluding steroid dienone is 1. The summed E-state index contributed by atoms with van der Waals surface area (Å²) in [5.74, 6) is -0.112. The highest BCUT2D eigenvalue weighted by molar-refractivity contribution is 7.16. The van der Waals surface area contributed by atoms with Gasteiger partial charge in [-0.25, -0.2) is 4.79 Å². The van der Waals surface area contributed by atoms with Gasteiger partial charge in [-0.3, -0.25) is 19.3 Å². The number of aldehydes is 1. The van der Waals surface area contributed by atoms with Crippen LogP contribution in [0.3, 0.4) is 0 Å². The van der Waals surface area contributed by atoms with Gasteiger partial charge in [0, 0.05) is 52.9 Å². The lowest BCUT2D eigenvalue weighted by molar-refractivity contribution is -0.110. The third-order valence-corrected chi connectivity index (χ3v) is 8.45. The van der Waals surface area contributed by atoms with Crippen molar-refractivity contribution >= 4 is 51.1 Å². The summed E-state index contributed by atoms with van der Waals surface area (Å²) in [5.41, 5.74) is 15.6. The largest absolute Gasteiger partial charge is 0.494 e. The molecule has 2 heterocycles. The molecule has 0 aliphatic rings. The Kier molecular flexibility index (Phi) is 15.0. The van der Waals surface area contributed by atoms with E-state index < -0.39 is 18.2 Å². The fourth-order valence-corrected chi connectivity index (χ4v) is 5.98. The number of amides is 1. The van der Waals surface area contributed by atoms with Gasteiger partial charge in [0.25, 0.3) is 0 Å². The quantitative estimate of drug-likeness (QED) is 0.0503. The molecule has 0 radical (unpaired) electrons. The number of thiazole rings is 1. The van der Waals surface area contributed by atoms with Crippen molar-refractivity contribution in [1.82, 2.24) is 14.3 Å². The van der Waals surface area contributed by atoms with Crippen LogP contribution in [0.5, 0.6) is 11.5 Å². The van der Waals surface area contributed by atoms with Crippen LogP contribution in [0.15, 0.2) is 47.5 Å². The minimum Gasteiger partial charge on any atom is -0.494 e. The Morgan fingerprint density at radius 3 is 2.36 bits per heavy atom. The smallest absolute Gasteiger partial charge is 0.338 e. The van der Waals surface area contributed by atoms with Crippen LogP contribution in [0.4, 0.5) is 11.4 Å². The molecule has 0 aliphatic heterocycles. The van der Waals surface area contributed by atoms with E-state index in [1.807, 2.05) is 30.6 Å². The molecule has 2 aromatic carbocycles. The van der Waals surface area contributed by atoms with Crippen LogP contribution in [-0.4, -0.2) is 87.4 Å². The summed E-state index contributed by atoms with van der Waals surface area (Å²) in [7, 11) is 7.63. The van der Waals surface area contributed by atoms with Crippen molar-refractivity contribution in [2.24, 2.45) is 10.7 Å². The van der Waals surface area contributed by atoms with Gasteiger partial charge in [0.15, 0.2) is 17.4 Å². The Bertz CT molecular complexity index is 1880. The van der Waals surface area contributed by atoms with Gasteiger partial charge in [0.2, 0.25) is 5.91 Å². The molecule has 16 heteroatoms. The number of esters is 1. The van der Waals surface area contributed by atoms with E-state index in [4.69, 9.17) is 35.2 Å². The summed E-state index contributed by atoms with van der Waals surface area (Å²) in [5, 5.41) is 7.31. The highest BCUT2D eigenvalue weighted by Crippen LogP contribution is 2.33. The van der Waals surface area contributed by atoms with Crippen LogP contribution in [0.1, 0.15) is 50.2 Å². The fraction of sp³-hybridized carbons (Fsp3) is 0.382. The topological polar surface area (TPSA) is 197 Å². The number of nitrogens with zero attached hydrogens (tertiary/aromatic N) is 4. The first kappa shape index (κ1) is 39.3. The zero-order valence-corrected chi connectivity index (χ0v) is 30.2. The molecule has 4 aromatic rings. The Balaban J connectivity index is 0.000000578. The van der Waals surface area contributed by atoms with E-state index >= 15 is 0 Å². The molecular formula is C34H45N7O8S. The number of hydrogen-bond acceptors (Lipinski definition) is 13. The molecule has 15 nitrogen and oxygen atoms in total. The van der Waals surface area contributed by atoms with E-state index in [1.54, 1.807) is 50.2 Å². The van der Waals surface area contributed by atoms with Crippen LogP contribution in [0.25, 0.3) is 10.2 Å². The molecule has 50 heavy (non-hydrogen) atoms. The number of benzene rings is 2. The van der Waals surface area contributed by atoms with Crippen LogP contribution >= 0.6 is 11.3 Å². The van der Waals surface area contributed by atoms with Crippen molar-refractivity contribution in [2.45, 2.75) is 39.6 Å². The first-order chi connectivity index (χ1) is 24.0. The van der Waals surface area contributed by atoms with Crippen LogP contribution in [0.2, 0.25) is 0 Å². The molecule has 0 saturated heterocycles. The molecule has 0 unspecified atom stereocenters. The maximum absolute atomic E-state index is 12.0. The van der Waals surface area contributed by atoms with Crippen molar-refractivity contribution in [3.05, 3.63) is 69.8 Å². The molecule has 4 rings (SSSR count). The molecule has 1 amide bonds. The maximum atomic E-state index is 12.0. The second kappa shape index (κ2) is 19.1. The number of nitrogens with one attached hydrogen (secondary N) is 1. The number of primary amides is 1. The molecule has 0 aliphatic carbocycles. The van der Waals surface area contributed by atoms with Crippen molar-refractivity contribution in [1.29, 1.82) is 0 Å². The number of carbonyl (C=O) groups excluding carboxylic acids is 3. The van der Waals surface area contributed by atoms with Gasteiger partial charge in [0.05, 0.1) is 42.5 Å². The van der Waals surface area contributed by atoms with Gasteiger partial charge in [-0.1, -0.05) is 23.5 Å². The van der Waals surface area contributed by atoms with Gasteiger partial charge in [-0.05, 0) is 44.2 Å². The highest BCUT2D eigenvalue weighted by atomic mass is 32.1. The van der Waals surface area contributed by atoms with Gasteiger partial charge < -0.3 is 45.0 Å². The van der Waals surface area contributed by atoms with Crippen molar-refractivity contribution < 1.29 is 38.1 Å². The number of rotatable bonds is 16. The van der Waals surface area contributed by atoms with E-state index in [-0.39, 0.29) is 0 Å². The van der Waals surface area contributed by atoms with E-state index in [0.717, 1.165) is 33.5 Å². The van der Waals surface area contributed by atoms with Crippen molar-refractivity contribution in [2.75, 3.05) is 59.7 Å². The van der Waals surface area contributed by atoms with Crippen molar-refractivity contribution in [3.63, 3.8) is 0 Å². The normalized spacial score (nSPS) is 11.5. The molecule has 0 atom stereocenters. The number of carbonyl (C=O) groups is 3. The standard InChI is InChI=1S/C27H35N5O7S.C7H10N2O/c1-30-27-32(10-7-6-9-31-23-18(28)12-17(26(34)38-5)14-19(23)35-2)24-20(39-11-8-22(36-3)37-4)13-16(25(29)33)15-21(24)40-27;1-3-9-7(5-10)4-6(2)8-9/h6-7,12-15,22,31H,8-11,28H2,1-5H3,(H2,29,33);4-5H,3H2,1-2H3/b7-6+,30-27?;.